The number of carbonyl (C=O) groups excluding carboxylic acids is 1. The standard InChI is InChI=1S/C32H48N2O2/c35-32(34(28-18-7-2-8-19-28)29-20-9-3-10-21-29)26-15-13-14-25(24-26)31(33-27-16-5-1-6-17-27)36-30-22-11-4-12-23-30/h13-15,24,27-30H,1-12,16-23H2. The fraction of sp³-hybridized carbons (Fsp3) is 0.750. The van der Waals surface area contributed by atoms with Gasteiger partial charge in [0.25, 0.3) is 5.91 Å². The first-order chi connectivity index (χ1) is 17.8. The second kappa shape index (κ2) is 13.1. The molecule has 1 amide bonds. The quantitative estimate of drug-likeness (QED) is 0.296. The van der Waals surface area contributed by atoms with Crippen LogP contribution in [-0.4, -0.2) is 40.9 Å². The van der Waals surface area contributed by atoms with Crippen LogP contribution in [0.15, 0.2) is 29.3 Å². The summed E-state index contributed by atoms with van der Waals surface area (Å²) < 4.78 is 6.63. The Kier molecular flexibility index (Phi) is 9.39. The van der Waals surface area contributed by atoms with Gasteiger partial charge in [-0.2, -0.15) is 0 Å². The van der Waals surface area contributed by atoms with E-state index in [0.29, 0.717) is 18.1 Å². The summed E-state index contributed by atoms with van der Waals surface area (Å²) in [6.45, 7) is 0. The lowest BCUT2D eigenvalue weighted by atomic mass is 9.88. The lowest BCUT2D eigenvalue weighted by molar-refractivity contribution is 0.0448. The van der Waals surface area contributed by atoms with Crippen LogP contribution in [0.4, 0.5) is 0 Å². The molecule has 0 saturated heterocycles. The molecular formula is C32H48N2O2. The highest BCUT2D eigenvalue weighted by Gasteiger charge is 2.33. The zero-order valence-electron chi connectivity index (χ0n) is 22.5. The van der Waals surface area contributed by atoms with Crippen LogP contribution in [0.3, 0.4) is 0 Å². The van der Waals surface area contributed by atoms with E-state index in [0.717, 1.165) is 42.7 Å². The first-order valence-corrected chi connectivity index (χ1v) is 15.5. The zero-order valence-corrected chi connectivity index (χ0v) is 22.5. The maximum Gasteiger partial charge on any atom is 0.254 e. The maximum absolute atomic E-state index is 14.1. The summed E-state index contributed by atoms with van der Waals surface area (Å²) in [5.74, 6) is 1.04. The predicted molar refractivity (Wildman–Crippen MR) is 148 cm³/mol. The molecule has 198 valence electrons. The van der Waals surface area contributed by atoms with Gasteiger partial charge in [0.05, 0.1) is 6.04 Å². The first-order valence-electron chi connectivity index (χ1n) is 15.5. The molecule has 0 atom stereocenters. The number of hydrogen-bond acceptors (Lipinski definition) is 3. The van der Waals surface area contributed by atoms with Crippen molar-refractivity contribution in [3.63, 3.8) is 0 Å². The summed E-state index contributed by atoms with van der Waals surface area (Å²) >= 11 is 0. The van der Waals surface area contributed by atoms with E-state index in [1.54, 1.807) is 0 Å². The first kappa shape index (κ1) is 25.8. The van der Waals surface area contributed by atoms with Gasteiger partial charge in [0.1, 0.15) is 6.10 Å². The molecule has 0 aliphatic heterocycles. The molecule has 4 aliphatic carbocycles. The highest BCUT2D eigenvalue weighted by atomic mass is 16.5. The van der Waals surface area contributed by atoms with Crippen molar-refractivity contribution in [3.8, 4) is 0 Å². The Bertz CT molecular complexity index is 839. The molecule has 0 bridgehead atoms. The highest BCUT2D eigenvalue weighted by Crippen LogP contribution is 2.32. The zero-order chi connectivity index (χ0) is 24.6. The Morgan fingerprint density at radius 3 is 1.75 bits per heavy atom. The minimum absolute atomic E-state index is 0.241. The van der Waals surface area contributed by atoms with Crippen molar-refractivity contribution < 1.29 is 9.53 Å². The Hall–Kier alpha value is -1.84. The average molecular weight is 493 g/mol. The van der Waals surface area contributed by atoms with E-state index >= 15 is 0 Å². The van der Waals surface area contributed by atoms with E-state index in [1.165, 1.54) is 103 Å². The van der Waals surface area contributed by atoms with Crippen LogP contribution >= 0.6 is 0 Å². The van der Waals surface area contributed by atoms with Crippen LogP contribution in [0.1, 0.15) is 144 Å². The fourth-order valence-corrected chi connectivity index (χ4v) is 7.17. The van der Waals surface area contributed by atoms with Crippen molar-refractivity contribution >= 4 is 11.8 Å². The van der Waals surface area contributed by atoms with Crippen LogP contribution in [0.25, 0.3) is 0 Å². The largest absolute Gasteiger partial charge is 0.474 e. The summed E-state index contributed by atoms with van der Waals surface area (Å²) in [7, 11) is 0. The number of aliphatic imine (C=N–C) groups is 1. The fourth-order valence-electron chi connectivity index (χ4n) is 7.17. The van der Waals surface area contributed by atoms with Crippen molar-refractivity contribution in [3.05, 3.63) is 35.4 Å². The van der Waals surface area contributed by atoms with E-state index in [9.17, 15) is 4.79 Å². The third-order valence-corrected chi connectivity index (χ3v) is 9.23. The number of hydrogen-bond donors (Lipinski definition) is 0. The van der Waals surface area contributed by atoms with E-state index in [-0.39, 0.29) is 12.0 Å². The molecule has 0 spiro atoms. The highest BCUT2D eigenvalue weighted by molar-refractivity contribution is 6.00. The Labute approximate surface area is 219 Å². The van der Waals surface area contributed by atoms with Crippen molar-refractivity contribution in [1.29, 1.82) is 0 Å². The second-order valence-corrected chi connectivity index (χ2v) is 12.0. The Balaban J connectivity index is 1.40. The molecular weight excluding hydrogens is 444 g/mol. The molecule has 4 saturated carbocycles. The van der Waals surface area contributed by atoms with Crippen molar-refractivity contribution in [2.45, 2.75) is 153 Å². The molecule has 4 fully saturated rings. The molecule has 0 aromatic heterocycles. The number of amides is 1. The van der Waals surface area contributed by atoms with Gasteiger partial charge in [0, 0.05) is 23.2 Å². The molecule has 1 aromatic carbocycles. The van der Waals surface area contributed by atoms with E-state index in [1.807, 2.05) is 6.07 Å². The van der Waals surface area contributed by atoms with E-state index < -0.39 is 0 Å². The van der Waals surface area contributed by atoms with Gasteiger partial charge in [-0.1, -0.05) is 70.3 Å². The lowest BCUT2D eigenvalue weighted by Crippen LogP contribution is -2.48. The molecule has 4 nitrogen and oxygen atoms in total. The molecule has 0 heterocycles. The summed E-state index contributed by atoms with van der Waals surface area (Å²) in [4.78, 5) is 21.7. The summed E-state index contributed by atoms with van der Waals surface area (Å²) in [6.07, 6.45) is 24.8. The van der Waals surface area contributed by atoms with E-state index in [2.05, 4.69) is 23.1 Å². The average Bonchev–Trinajstić information content (AvgIpc) is 2.95. The maximum atomic E-state index is 14.1. The molecule has 1 aromatic rings. The molecule has 0 radical (unpaired) electrons. The van der Waals surface area contributed by atoms with Crippen LogP contribution in [-0.2, 0) is 4.74 Å². The smallest absolute Gasteiger partial charge is 0.254 e. The van der Waals surface area contributed by atoms with Gasteiger partial charge in [-0.05, 0) is 82.4 Å². The molecule has 4 aliphatic rings. The summed E-state index contributed by atoms with van der Waals surface area (Å²) in [5.41, 5.74) is 1.83. The second-order valence-electron chi connectivity index (χ2n) is 12.0. The topological polar surface area (TPSA) is 41.9 Å². The molecule has 0 unspecified atom stereocenters. The Morgan fingerprint density at radius 1 is 0.667 bits per heavy atom. The predicted octanol–water partition coefficient (Wildman–Crippen LogP) is 8.22. The van der Waals surface area contributed by atoms with Gasteiger partial charge < -0.3 is 9.64 Å². The third kappa shape index (κ3) is 6.72. The normalized spacial score (nSPS) is 23.9. The molecule has 0 N–H and O–H groups in total. The van der Waals surface area contributed by atoms with Gasteiger partial charge in [0.2, 0.25) is 5.90 Å². The lowest BCUT2D eigenvalue weighted by Gasteiger charge is -2.42. The van der Waals surface area contributed by atoms with Crippen molar-refractivity contribution in [2.24, 2.45) is 4.99 Å². The summed E-state index contributed by atoms with van der Waals surface area (Å²) in [6, 6.07) is 9.49. The molecule has 36 heavy (non-hydrogen) atoms. The van der Waals surface area contributed by atoms with Crippen LogP contribution < -0.4 is 0 Å². The van der Waals surface area contributed by atoms with Gasteiger partial charge >= 0.3 is 0 Å². The number of ether oxygens (including phenoxy) is 1. The SMILES string of the molecule is O=C(c1cccc(C(=NC2CCCCC2)OC2CCCCC2)c1)N(C1CCCCC1)C1CCCCC1. The van der Waals surface area contributed by atoms with Gasteiger partial charge in [-0.3, -0.25) is 4.79 Å². The minimum Gasteiger partial charge on any atom is -0.474 e. The van der Waals surface area contributed by atoms with Crippen molar-refractivity contribution in [2.75, 3.05) is 0 Å². The van der Waals surface area contributed by atoms with Gasteiger partial charge in [-0.25, -0.2) is 4.99 Å². The monoisotopic (exact) mass is 492 g/mol. The minimum atomic E-state index is 0.241. The van der Waals surface area contributed by atoms with Crippen LogP contribution in [0, 0.1) is 0 Å². The van der Waals surface area contributed by atoms with E-state index in [4.69, 9.17) is 9.73 Å². The van der Waals surface area contributed by atoms with Crippen molar-refractivity contribution in [1.82, 2.24) is 4.90 Å². The number of benzene rings is 1. The van der Waals surface area contributed by atoms with Crippen LogP contribution in [0.5, 0.6) is 0 Å². The number of carbonyl (C=O) groups is 1. The molecule has 4 heteroatoms. The van der Waals surface area contributed by atoms with Gasteiger partial charge in [-0.15, -0.1) is 0 Å². The molecule has 5 rings (SSSR count). The van der Waals surface area contributed by atoms with Crippen LogP contribution in [0.2, 0.25) is 0 Å². The number of rotatable bonds is 6. The van der Waals surface area contributed by atoms with Gasteiger partial charge in [0.15, 0.2) is 0 Å². The summed E-state index contributed by atoms with van der Waals surface area (Å²) in [5, 5.41) is 0. The third-order valence-electron chi connectivity index (χ3n) is 9.23. The Morgan fingerprint density at radius 2 is 1.17 bits per heavy atom. The number of nitrogens with zero attached hydrogens (tertiary/aromatic N) is 2.